The summed E-state index contributed by atoms with van der Waals surface area (Å²) in [6.07, 6.45) is 7.04. The summed E-state index contributed by atoms with van der Waals surface area (Å²) in [6.45, 7) is 3.97. The smallest absolute Gasteiger partial charge is 0.340 e. The molecule has 2 N–H and O–H groups in total. The molecule has 1 aromatic carbocycles. The minimum Gasteiger partial charge on any atom is -0.465 e. The van der Waals surface area contributed by atoms with E-state index in [0.29, 0.717) is 23.1 Å². The molecule has 142 valence electrons. The third-order valence-corrected chi connectivity index (χ3v) is 6.35. The maximum absolute atomic E-state index is 11.8. The van der Waals surface area contributed by atoms with Crippen LogP contribution in [-0.2, 0) is 9.47 Å². The number of esters is 1. The fourth-order valence-corrected chi connectivity index (χ4v) is 4.71. The first-order valence-electron chi connectivity index (χ1n) is 9.48. The highest BCUT2D eigenvalue weighted by molar-refractivity contribution is 7.18. The first-order chi connectivity index (χ1) is 12.6. The van der Waals surface area contributed by atoms with Crippen molar-refractivity contribution in [2.45, 2.75) is 51.4 Å². The number of ether oxygens (including phenoxy) is 2. The lowest BCUT2D eigenvalue weighted by molar-refractivity contribution is 0.0602. The van der Waals surface area contributed by atoms with Crippen LogP contribution in [0.5, 0.6) is 0 Å². The first-order valence-corrected chi connectivity index (χ1v) is 10.3. The molecule has 1 heterocycles. The van der Waals surface area contributed by atoms with Gasteiger partial charge in [-0.05, 0) is 50.2 Å². The van der Waals surface area contributed by atoms with Gasteiger partial charge in [0.1, 0.15) is 0 Å². The molecule has 0 spiro atoms. The lowest BCUT2D eigenvalue weighted by Gasteiger charge is -2.27. The van der Waals surface area contributed by atoms with Gasteiger partial charge < -0.3 is 15.2 Å². The highest BCUT2D eigenvalue weighted by Gasteiger charge is 2.25. The van der Waals surface area contributed by atoms with Crippen LogP contribution in [0.25, 0.3) is 10.2 Å². The van der Waals surface area contributed by atoms with Crippen molar-refractivity contribution in [2.75, 3.05) is 26.1 Å². The third-order valence-electron chi connectivity index (χ3n) is 5.17. The average Bonchev–Trinajstić information content (AvgIpc) is 3.07. The number of nitrogens with two attached hydrogens (primary N) is 1. The van der Waals surface area contributed by atoms with Gasteiger partial charge in [-0.1, -0.05) is 13.3 Å². The molecule has 1 aliphatic rings. The molecule has 3 rings (SSSR count). The van der Waals surface area contributed by atoms with Crippen molar-refractivity contribution in [1.29, 1.82) is 0 Å². The third kappa shape index (κ3) is 4.35. The summed E-state index contributed by atoms with van der Waals surface area (Å²) in [4.78, 5) is 16.6. The maximum atomic E-state index is 11.8. The minimum atomic E-state index is -0.414. The number of carbonyl (C=O) groups excluding carboxylic acids is 1. The molecule has 0 radical (unpaired) electrons. The number of nitrogens with zero attached hydrogens (tertiary/aromatic N) is 1. The van der Waals surface area contributed by atoms with Gasteiger partial charge in [0.2, 0.25) is 0 Å². The Kier molecular flexibility index (Phi) is 6.48. The van der Waals surface area contributed by atoms with E-state index in [4.69, 9.17) is 20.2 Å². The van der Waals surface area contributed by atoms with Crippen LogP contribution in [0.15, 0.2) is 12.1 Å². The largest absolute Gasteiger partial charge is 0.465 e. The highest BCUT2D eigenvalue weighted by Crippen LogP contribution is 2.39. The van der Waals surface area contributed by atoms with Gasteiger partial charge in [0.25, 0.3) is 0 Å². The average molecular weight is 377 g/mol. The van der Waals surface area contributed by atoms with Crippen molar-refractivity contribution in [1.82, 2.24) is 4.98 Å². The van der Waals surface area contributed by atoms with E-state index in [1.807, 2.05) is 6.07 Å². The number of unbranched alkanes of at least 4 members (excludes halogenated alkanes) is 1. The van der Waals surface area contributed by atoms with Gasteiger partial charge in [-0.3, -0.25) is 0 Å². The zero-order valence-electron chi connectivity index (χ0n) is 15.6. The predicted octanol–water partition coefficient (Wildman–Crippen LogP) is 4.76. The van der Waals surface area contributed by atoms with Crippen LogP contribution in [0.3, 0.4) is 0 Å². The molecule has 0 bridgehead atoms. The van der Waals surface area contributed by atoms with E-state index < -0.39 is 5.97 Å². The molecule has 1 fully saturated rings. The van der Waals surface area contributed by atoms with Gasteiger partial charge in [0.15, 0.2) is 0 Å². The standard InChI is InChI=1S/C20H28N2O3S/c1-3-4-9-25-12-13-5-7-14(8-6-13)19-22-17-10-15(20(23)24-2)16(21)11-18(17)26-19/h10-11,13-14H,3-9,12,21H2,1-2H3. The quantitative estimate of drug-likeness (QED) is 0.428. The number of nitrogen functional groups attached to an aromatic ring is 1. The SMILES string of the molecule is CCCCOCC1CCC(c2nc3cc(C(=O)OC)c(N)cc3s2)CC1. The second kappa shape index (κ2) is 8.82. The number of hydrogen-bond acceptors (Lipinski definition) is 6. The van der Waals surface area contributed by atoms with Gasteiger partial charge in [-0.15, -0.1) is 11.3 Å². The molecule has 1 aliphatic carbocycles. The molecule has 0 saturated heterocycles. The van der Waals surface area contributed by atoms with Gasteiger partial charge in [0.05, 0.1) is 27.9 Å². The Hall–Kier alpha value is -1.66. The molecular formula is C20H28N2O3S. The van der Waals surface area contributed by atoms with Crippen LogP contribution in [0.1, 0.15) is 66.7 Å². The summed E-state index contributed by atoms with van der Waals surface area (Å²) in [5.41, 5.74) is 7.68. The van der Waals surface area contributed by atoms with E-state index in [1.54, 1.807) is 17.4 Å². The normalized spacial score (nSPS) is 20.4. The second-order valence-corrected chi connectivity index (χ2v) is 8.16. The molecule has 0 atom stereocenters. The van der Waals surface area contributed by atoms with Gasteiger partial charge in [-0.25, -0.2) is 9.78 Å². The summed E-state index contributed by atoms with van der Waals surface area (Å²) < 4.78 is 11.6. The molecule has 26 heavy (non-hydrogen) atoms. The van der Waals surface area contributed by atoms with Crippen LogP contribution in [-0.4, -0.2) is 31.3 Å². The molecule has 0 amide bonds. The van der Waals surface area contributed by atoms with E-state index in [9.17, 15) is 4.79 Å². The fourth-order valence-electron chi connectivity index (χ4n) is 3.54. The molecule has 5 nitrogen and oxygen atoms in total. The number of thiazole rings is 1. The Morgan fingerprint density at radius 2 is 2.08 bits per heavy atom. The zero-order valence-corrected chi connectivity index (χ0v) is 16.4. The van der Waals surface area contributed by atoms with Crippen LogP contribution >= 0.6 is 11.3 Å². The number of rotatable bonds is 7. The second-order valence-electron chi connectivity index (χ2n) is 7.10. The molecule has 6 heteroatoms. The summed E-state index contributed by atoms with van der Waals surface area (Å²) >= 11 is 1.70. The summed E-state index contributed by atoms with van der Waals surface area (Å²) in [5.74, 6) is 0.767. The minimum absolute atomic E-state index is 0.393. The zero-order chi connectivity index (χ0) is 18.5. The van der Waals surface area contributed by atoms with E-state index in [-0.39, 0.29) is 0 Å². The Bertz CT molecular complexity index is 751. The van der Waals surface area contributed by atoms with Crippen molar-refractivity contribution >= 4 is 33.2 Å². The monoisotopic (exact) mass is 376 g/mol. The summed E-state index contributed by atoms with van der Waals surface area (Å²) in [5, 5.41) is 1.16. The topological polar surface area (TPSA) is 74.4 Å². The number of aromatic nitrogens is 1. The van der Waals surface area contributed by atoms with E-state index in [2.05, 4.69) is 6.92 Å². The first kappa shape index (κ1) is 19.1. The molecule has 1 saturated carbocycles. The van der Waals surface area contributed by atoms with E-state index >= 15 is 0 Å². The molecule has 2 aromatic rings. The van der Waals surface area contributed by atoms with Crippen molar-refractivity contribution in [3.63, 3.8) is 0 Å². The van der Waals surface area contributed by atoms with Crippen LogP contribution in [0.2, 0.25) is 0 Å². The van der Waals surface area contributed by atoms with Crippen molar-refractivity contribution < 1.29 is 14.3 Å². The van der Waals surface area contributed by atoms with Gasteiger partial charge in [0, 0.05) is 24.8 Å². The molecular weight excluding hydrogens is 348 g/mol. The Morgan fingerprint density at radius 3 is 2.77 bits per heavy atom. The van der Waals surface area contributed by atoms with Crippen molar-refractivity contribution in [2.24, 2.45) is 5.92 Å². The summed E-state index contributed by atoms with van der Waals surface area (Å²) in [6, 6.07) is 3.60. The number of anilines is 1. The van der Waals surface area contributed by atoms with E-state index in [0.717, 1.165) is 47.7 Å². The summed E-state index contributed by atoms with van der Waals surface area (Å²) in [7, 11) is 1.36. The number of hydrogen-bond donors (Lipinski definition) is 1. The van der Waals surface area contributed by atoms with Crippen LogP contribution in [0.4, 0.5) is 5.69 Å². The number of methoxy groups -OCH3 is 1. The fraction of sp³-hybridized carbons (Fsp3) is 0.600. The lowest BCUT2D eigenvalue weighted by Crippen LogP contribution is -2.18. The number of carbonyl (C=O) groups is 1. The van der Waals surface area contributed by atoms with E-state index in [1.165, 1.54) is 26.4 Å². The predicted molar refractivity (Wildman–Crippen MR) is 106 cm³/mol. The Labute approximate surface area is 158 Å². The molecule has 1 aromatic heterocycles. The molecule has 0 unspecified atom stereocenters. The Balaban J connectivity index is 1.63. The van der Waals surface area contributed by atoms with Crippen molar-refractivity contribution in [3.8, 4) is 0 Å². The van der Waals surface area contributed by atoms with Crippen molar-refractivity contribution in [3.05, 3.63) is 22.7 Å². The van der Waals surface area contributed by atoms with Gasteiger partial charge >= 0.3 is 5.97 Å². The number of benzene rings is 1. The Morgan fingerprint density at radius 1 is 1.31 bits per heavy atom. The lowest BCUT2D eigenvalue weighted by atomic mass is 9.83. The van der Waals surface area contributed by atoms with Crippen LogP contribution in [0, 0.1) is 5.92 Å². The highest BCUT2D eigenvalue weighted by atomic mass is 32.1. The maximum Gasteiger partial charge on any atom is 0.340 e. The molecule has 0 aliphatic heterocycles. The van der Waals surface area contributed by atoms with Gasteiger partial charge in [-0.2, -0.15) is 0 Å². The number of fused-ring (bicyclic) bond motifs is 1. The van der Waals surface area contributed by atoms with Crippen LogP contribution < -0.4 is 5.73 Å².